The zero-order valence-electron chi connectivity index (χ0n) is 12.2. The molecule has 0 spiro atoms. The summed E-state index contributed by atoms with van der Waals surface area (Å²) in [4.78, 5) is 6.79. The van der Waals surface area contributed by atoms with Gasteiger partial charge < -0.3 is 5.73 Å². The fourth-order valence-corrected chi connectivity index (χ4v) is 2.58. The average Bonchev–Trinajstić information content (AvgIpc) is 2.87. The van der Waals surface area contributed by atoms with Crippen molar-refractivity contribution >= 4 is 0 Å². The number of nitrogens with two attached hydrogens (primary N) is 1. The minimum atomic E-state index is 0.0826. The topological polar surface area (TPSA) is 60.0 Å². The normalized spacial score (nSPS) is 12.3. The number of aromatic nitrogens is 3. The maximum absolute atomic E-state index is 6.02. The molecule has 104 valence electrons. The molecular weight excluding hydrogens is 226 g/mol. The first-order valence-corrected chi connectivity index (χ1v) is 6.99. The smallest absolute Gasteiger partial charge is 0.141 e. The lowest BCUT2D eigenvalue weighted by molar-refractivity contribution is 0.0785. The first kappa shape index (κ1) is 15.1. The van der Waals surface area contributed by atoms with Crippen LogP contribution in [0, 0.1) is 0 Å². The fraction of sp³-hybridized carbons (Fsp3) is 0.846. The van der Waals surface area contributed by atoms with Gasteiger partial charge in [0.05, 0.1) is 6.54 Å². The SMILES string of the molecule is CCN(Cc1ncnn1CC)C(CC)(CC)CN. The molecule has 1 aromatic rings. The molecule has 0 fully saturated rings. The van der Waals surface area contributed by atoms with Crippen molar-refractivity contribution in [3.8, 4) is 0 Å². The van der Waals surface area contributed by atoms with E-state index in [0.717, 1.165) is 38.3 Å². The van der Waals surface area contributed by atoms with Crippen molar-refractivity contribution in [2.24, 2.45) is 5.73 Å². The summed E-state index contributed by atoms with van der Waals surface area (Å²) in [7, 11) is 0. The van der Waals surface area contributed by atoms with E-state index in [1.165, 1.54) is 0 Å². The third-order valence-electron chi connectivity index (χ3n) is 4.08. The number of likely N-dealkylation sites (N-methyl/N-ethyl adjacent to an activating group) is 1. The molecule has 0 radical (unpaired) electrons. The minimum Gasteiger partial charge on any atom is -0.329 e. The highest BCUT2D eigenvalue weighted by atomic mass is 15.4. The summed E-state index contributed by atoms with van der Waals surface area (Å²) < 4.78 is 1.95. The van der Waals surface area contributed by atoms with Gasteiger partial charge in [-0.25, -0.2) is 9.67 Å². The molecule has 0 aliphatic rings. The van der Waals surface area contributed by atoms with Gasteiger partial charge >= 0.3 is 0 Å². The van der Waals surface area contributed by atoms with E-state index in [0.29, 0.717) is 6.54 Å². The highest BCUT2D eigenvalue weighted by molar-refractivity contribution is 4.93. The lowest BCUT2D eigenvalue weighted by atomic mass is 9.90. The molecule has 0 unspecified atom stereocenters. The summed E-state index contributed by atoms with van der Waals surface area (Å²) in [5.74, 6) is 1.03. The number of hydrogen-bond donors (Lipinski definition) is 1. The standard InChI is InChI=1S/C13H27N5/c1-5-13(6-2,10-14)17(7-3)9-12-15-11-16-18(12)8-4/h11H,5-10,14H2,1-4H3. The molecule has 1 aromatic heterocycles. The lowest BCUT2D eigenvalue weighted by Gasteiger charge is -2.41. The largest absolute Gasteiger partial charge is 0.329 e. The van der Waals surface area contributed by atoms with E-state index in [-0.39, 0.29) is 5.54 Å². The molecule has 0 aliphatic carbocycles. The summed E-state index contributed by atoms with van der Waals surface area (Å²) in [6, 6.07) is 0. The van der Waals surface area contributed by atoms with Crippen LogP contribution in [-0.4, -0.2) is 38.3 Å². The highest BCUT2D eigenvalue weighted by Gasteiger charge is 2.31. The van der Waals surface area contributed by atoms with Crippen LogP contribution in [0.15, 0.2) is 6.33 Å². The van der Waals surface area contributed by atoms with Crippen LogP contribution in [0.4, 0.5) is 0 Å². The Morgan fingerprint density at radius 1 is 1.28 bits per heavy atom. The number of hydrogen-bond acceptors (Lipinski definition) is 4. The molecule has 1 heterocycles. The molecule has 5 nitrogen and oxygen atoms in total. The Morgan fingerprint density at radius 2 is 1.94 bits per heavy atom. The van der Waals surface area contributed by atoms with Gasteiger partial charge in [0, 0.05) is 18.6 Å². The number of rotatable bonds is 8. The fourth-order valence-electron chi connectivity index (χ4n) is 2.58. The van der Waals surface area contributed by atoms with Gasteiger partial charge in [-0.1, -0.05) is 20.8 Å². The van der Waals surface area contributed by atoms with Crippen LogP contribution in [0.3, 0.4) is 0 Å². The second-order valence-electron chi connectivity index (χ2n) is 4.64. The van der Waals surface area contributed by atoms with Gasteiger partial charge in [0.2, 0.25) is 0 Å². The summed E-state index contributed by atoms with van der Waals surface area (Å²) in [5, 5.41) is 4.23. The Bertz CT molecular complexity index is 335. The molecule has 0 saturated carbocycles. The zero-order chi connectivity index (χ0) is 13.6. The van der Waals surface area contributed by atoms with Gasteiger partial charge in [-0.15, -0.1) is 0 Å². The quantitative estimate of drug-likeness (QED) is 0.765. The zero-order valence-corrected chi connectivity index (χ0v) is 12.2. The van der Waals surface area contributed by atoms with Gasteiger partial charge in [-0.05, 0) is 26.3 Å². The van der Waals surface area contributed by atoms with E-state index in [1.807, 2.05) is 4.68 Å². The third kappa shape index (κ3) is 2.90. The first-order valence-electron chi connectivity index (χ1n) is 6.99. The molecule has 5 heteroatoms. The maximum atomic E-state index is 6.02. The van der Waals surface area contributed by atoms with Crippen LogP contribution in [0.25, 0.3) is 0 Å². The molecule has 0 saturated heterocycles. The van der Waals surface area contributed by atoms with Crippen LogP contribution in [-0.2, 0) is 13.1 Å². The Kier molecular flexibility index (Phi) is 5.75. The van der Waals surface area contributed by atoms with Gasteiger partial charge in [0.1, 0.15) is 12.2 Å². The Balaban J connectivity index is 2.90. The minimum absolute atomic E-state index is 0.0826. The Hall–Kier alpha value is -0.940. The molecule has 2 N–H and O–H groups in total. The molecule has 1 rings (SSSR count). The van der Waals surface area contributed by atoms with Crippen molar-refractivity contribution in [3.63, 3.8) is 0 Å². The van der Waals surface area contributed by atoms with E-state index in [9.17, 15) is 0 Å². The van der Waals surface area contributed by atoms with Gasteiger partial charge in [0.25, 0.3) is 0 Å². The van der Waals surface area contributed by atoms with Crippen molar-refractivity contribution < 1.29 is 0 Å². The molecule has 0 amide bonds. The van der Waals surface area contributed by atoms with Crippen molar-refractivity contribution in [1.29, 1.82) is 0 Å². The first-order chi connectivity index (χ1) is 8.67. The van der Waals surface area contributed by atoms with Crippen LogP contribution in [0.1, 0.15) is 46.4 Å². The molecule has 0 aliphatic heterocycles. The van der Waals surface area contributed by atoms with Gasteiger partial charge in [0.15, 0.2) is 0 Å². The number of nitrogens with zero attached hydrogens (tertiary/aromatic N) is 4. The molecule has 0 atom stereocenters. The molecular formula is C13H27N5. The van der Waals surface area contributed by atoms with Gasteiger partial charge in [-0.3, -0.25) is 4.90 Å². The van der Waals surface area contributed by atoms with E-state index >= 15 is 0 Å². The second kappa shape index (κ2) is 6.85. The Labute approximate surface area is 110 Å². The summed E-state index contributed by atoms with van der Waals surface area (Å²) >= 11 is 0. The van der Waals surface area contributed by atoms with E-state index in [2.05, 4.69) is 42.7 Å². The van der Waals surface area contributed by atoms with Crippen LogP contribution in [0.2, 0.25) is 0 Å². The lowest BCUT2D eigenvalue weighted by Crippen LogP contribution is -2.53. The predicted molar refractivity (Wildman–Crippen MR) is 74.1 cm³/mol. The third-order valence-corrected chi connectivity index (χ3v) is 4.08. The van der Waals surface area contributed by atoms with E-state index < -0.39 is 0 Å². The monoisotopic (exact) mass is 253 g/mol. The Morgan fingerprint density at radius 3 is 2.39 bits per heavy atom. The molecule has 0 bridgehead atoms. The van der Waals surface area contributed by atoms with Crippen LogP contribution in [0.5, 0.6) is 0 Å². The molecule has 18 heavy (non-hydrogen) atoms. The summed E-state index contributed by atoms with van der Waals surface area (Å²) in [5.41, 5.74) is 6.10. The van der Waals surface area contributed by atoms with Crippen molar-refractivity contribution in [1.82, 2.24) is 19.7 Å². The highest BCUT2D eigenvalue weighted by Crippen LogP contribution is 2.24. The summed E-state index contributed by atoms with van der Waals surface area (Å²) in [6.45, 7) is 12.0. The maximum Gasteiger partial charge on any atom is 0.141 e. The van der Waals surface area contributed by atoms with Crippen LogP contribution >= 0.6 is 0 Å². The van der Waals surface area contributed by atoms with Crippen LogP contribution < -0.4 is 5.73 Å². The van der Waals surface area contributed by atoms with Gasteiger partial charge in [-0.2, -0.15) is 5.10 Å². The number of aryl methyl sites for hydroxylation is 1. The second-order valence-corrected chi connectivity index (χ2v) is 4.64. The van der Waals surface area contributed by atoms with E-state index in [1.54, 1.807) is 6.33 Å². The van der Waals surface area contributed by atoms with Crippen molar-refractivity contribution in [2.75, 3.05) is 13.1 Å². The summed E-state index contributed by atoms with van der Waals surface area (Å²) in [6.07, 6.45) is 3.76. The molecule has 0 aromatic carbocycles. The average molecular weight is 253 g/mol. The predicted octanol–water partition coefficient (Wildman–Crippen LogP) is 1.64. The van der Waals surface area contributed by atoms with Crippen molar-refractivity contribution in [2.45, 2.75) is 59.2 Å². The van der Waals surface area contributed by atoms with Crippen molar-refractivity contribution in [3.05, 3.63) is 12.2 Å². The van der Waals surface area contributed by atoms with E-state index in [4.69, 9.17) is 5.73 Å².